The van der Waals surface area contributed by atoms with Gasteiger partial charge < -0.3 is 9.64 Å². The van der Waals surface area contributed by atoms with E-state index >= 15 is 0 Å². The third-order valence-corrected chi connectivity index (χ3v) is 4.84. The summed E-state index contributed by atoms with van der Waals surface area (Å²) in [5, 5.41) is 0. The highest BCUT2D eigenvalue weighted by molar-refractivity contribution is 5.92. The first-order valence-electron chi connectivity index (χ1n) is 8.28. The van der Waals surface area contributed by atoms with Crippen molar-refractivity contribution in [2.45, 2.75) is 52.1 Å². The monoisotopic (exact) mass is 329 g/mol. The third kappa shape index (κ3) is 2.66. The summed E-state index contributed by atoms with van der Waals surface area (Å²) >= 11 is 0. The lowest BCUT2D eigenvalue weighted by Crippen LogP contribution is -2.61. The quantitative estimate of drug-likeness (QED) is 0.699. The molecule has 23 heavy (non-hydrogen) atoms. The fourth-order valence-electron chi connectivity index (χ4n) is 3.59. The molecule has 0 unspecified atom stereocenters. The molecule has 0 aliphatic heterocycles. The van der Waals surface area contributed by atoms with E-state index in [-0.39, 0.29) is 18.8 Å². The van der Waals surface area contributed by atoms with Gasteiger partial charge in [0.15, 0.2) is 5.78 Å². The smallest absolute Gasteiger partial charge is 0.410 e. The molecule has 2 rings (SSSR count). The first-order chi connectivity index (χ1) is 10.7. The fraction of sp³-hybridized carbons (Fsp3) is 0.765. The van der Waals surface area contributed by atoms with Crippen molar-refractivity contribution in [3.05, 3.63) is 12.2 Å². The van der Waals surface area contributed by atoms with Crippen molar-refractivity contribution >= 4 is 11.9 Å². The molecule has 1 saturated carbocycles. The van der Waals surface area contributed by atoms with Gasteiger partial charge in [-0.15, -0.1) is 0 Å². The molecule has 2 aliphatic carbocycles. The van der Waals surface area contributed by atoms with Gasteiger partial charge in [-0.3, -0.25) is 4.79 Å². The molecule has 0 aromatic heterocycles. The number of ketones is 1. The van der Waals surface area contributed by atoms with Crippen LogP contribution < -0.4 is 0 Å². The highest BCUT2D eigenvalue weighted by Gasteiger charge is 2.74. The summed E-state index contributed by atoms with van der Waals surface area (Å²) in [4.78, 5) is 26.3. The molecule has 0 spiro atoms. The summed E-state index contributed by atoms with van der Waals surface area (Å²) in [5.74, 6) is -5.89. The lowest BCUT2D eigenvalue weighted by atomic mass is 9.78. The van der Waals surface area contributed by atoms with E-state index in [1.807, 2.05) is 0 Å². The molecule has 0 radical (unpaired) electrons. The van der Waals surface area contributed by atoms with Gasteiger partial charge in [0.1, 0.15) is 0 Å². The van der Waals surface area contributed by atoms with Gasteiger partial charge in [0.05, 0.1) is 0 Å². The normalized spacial score (nSPS) is 30.7. The molecule has 0 N–H and O–H groups in total. The second-order valence-corrected chi connectivity index (χ2v) is 6.75. The Balaban J connectivity index is 2.39. The minimum atomic E-state index is -3.36. The van der Waals surface area contributed by atoms with Crippen LogP contribution in [0.2, 0.25) is 0 Å². The number of carbonyl (C=O) groups is 2. The van der Waals surface area contributed by atoms with Crippen molar-refractivity contribution in [3.8, 4) is 0 Å². The maximum Gasteiger partial charge on any atom is 0.410 e. The molecule has 130 valence electrons. The SMILES string of the molecule is CCN(CC)C(=O)O[C@]1(C(=O)CC(C)C)[C@H]2C=C[C@H](C2)C1(F)F. The third-order valence-electron chi connectivity index (χ3n) is 4.84. The van der Waals surface area contributed by atoms with Crippen LogP contribution in [0, 0.1) is 17.8 Å². The minimum Gasteiger partial charge on any atom is -0.428 e. The number of ether oxygens (including phenoxy) is 1. The van der Waals surface area contributed by atoms with Crippen LogP contribution in [0.4, 0.5) is 13.6 Å². The Morgan fingerprint density at radius 3 is 2.22 bits per heavy atom. The molecule has 0 saturated heterocycles. The van der Waals surface area contributed by atoms with Crippen molar-refractivity contribution < 1.29 is 23.1 Å². The Morgan fingerprint density at radius 2 is 1.78 bits per heavy atom. The number of allylic oxidation sites excluding steroid dienone is 1. The Bertz CT molecular complexity index is 514. The molecule has 1 amide bonds. The van der Waals surface area contributed by atoms with Gasteiger partial charge in [-0.2, -0.15) is 0 Å². The van der Waals surface area contributed by atoms with Crippen molar-refractivity contribution in [3.63, 3.8) is 0 Å². The summed E-state index contributed by atoms with van der Waals surface area (Å²) < 4.78 is 35.1. The average molecular weight is 329 g/mol. The summed E-state index contributed by atoms with van der Waals surface area (Å²) in [7, 11) is 0. The highest BCUT2D eigenvalue weighted by Crippen LogP contribution is 2.59. The molecule has 2 aliphatic rings. The van der Waals surface area contributed by atoms with E-state index in [2.05, 4.69) is 0 Å². The number of rotatable bonds is 6. The predicted octanol–water partition coefficient (Wildman–Crippen LogP) is 3.66. The van der Waals surface area contributed by atoms with Crippen LogP contribution in [0.3, 0.4) is 0 Å². The van der Waals surface area contributed by atoms with Gasteiger partial charge in [0.25, 0.3) is 0 Å². The number of Topliss-reactive ketones (excluding diaryl/α,β-unsaturated/α-hetero) is 1. The molecule has 6 heteroatoms. The van der Waals surface area contributed by atoms with Gasteiger partial charge >= 0.3 is 12.0 Å². The number of fused-ring (bicyclic) bond motifs is 2. The van der Waals surface area contributed by atoms with Gasteiger partial charge in [-0.1, -0.05) is 26.0 Å². The Labute approximate surface area is 135 Å². The van der Waals surface area contributed by atoms with E-state index in [1.165, 1.54) is 11.0 Å². The number of nitrogens with zero attached hydrogens (tertiary/aromatic N) is 1. The van der Waals surface area contributed by atoms with E-state index in [9.17, 15) is 18.4 Å². The van der Waals surface area contributed by atoms with Crippen LogP contribution in [-0.2, 0) is 9.53 Å². The largest absolute Gasteiger partial charge is 0.428 e. The van der Waals surface area contributed by atoms with E-state index in [4.69, 9.17) is 4.74 Å². The predicted molar refractivity (Wildman–Crippen MR) is 82.3 cm³/mol. The Morgan fingerprint density at radius 1 is 1.22 bits per heavy atom. The molecule has 0 aromatic carbocycles. The van der Waals surface area contributed by atoms with Gasteiger partial charge in [0, 0.05) is 31.3 Å². The zero-order valence-electron chi connectivity index (χ0n) is 14.1. The van der Waals surface area contributed by atoms with E-state index < -0.39 is 35.2 Å². The van der Waals surface area contributed by atoms with Gasteiger partial charge in [-0.25, -0.2) is 13.6 Å². The molecule has 4 nitrogen and oxygen atoms in total. The molecule has 3 atom stereocenters. The number of hydrogen-bond donors (Lipinski definition) is 0. The summed E-state index contributed by atoms with van der Waals surface area (Å²) in [5.41, 5.74) is -2.35. The molecule has 0 aromatic rings. The Hall–Kier alpha value is -1.46. The minimum absolute atomic E-state index is 0.0296. The highest BCUT2D eigenvalue weighted by atomic mass is 19.3. The van der Waals surface area contributed by atoms with Crippen molar-refractivity contribution in [2.24, 2.45) is 17.8 Å². The van der Waals surface area contributed by atoms with E-state index in [0.29, 0.717) is 13.1 Å². The zero-order chi connectivity index (χ0) is 17.4. The van der Waals surface area contributed by atoms with Gasteiger partial charge in [0.2, 0.25) is 5.60 Å². The van der Waals surface area contributed by atoms with E-state index in [0.717, 1.165) is 0 Å². The van der Waals surface area contributed by atoms with Crippen molar-refractivity contribution in [1.82, 2.24) is 4.90 Å². The van der Waals surface area contributed by atoms with Crippen LogP contribution >= 0.6 is 0 Å². The maximum absolute atomic E-state index is 14.9. The second-order valence-electron chi connectivity index (χ2n) is 6.75. The molecule has 0 heterocycles. The lowest BCUT2D eigenvalue weighted by Gasteiger charge is -2.40. The first kappa shape index (κ1) is 17.9. The number of amides is 1. The average Bonchev–Trinajstić information content (AvgIpc) is 3.01. The maximum atomic E-state index is 14.9. The summed E-state index contributed by atoms with van der Waals surface area (Å²) in [6.45, 7) is 7.76. The molecule has 1 fully saturated rings. The van der Waals surface area contributed by atoms with Crippen LogP contribution in [0.15, 0.2) is 12.2 Å². The summed E-state index contributed by atoms with van der Waals surface area (Å²) in [6.07, 6.45) is 2.33. The Kier molecular flexibility index (Phi) is 4.83. The van der Waals surface area contributed by atoms with Crippen molar-refractivity contribution in [1.29, 1.82) is 0 Å². The van der Waals surface area contributed by atoms with Gasteiger partial charge in [-0.05, 0) is 26.2 Å². The lowest BCUT2D eigenvalue weighted by molar-refractivity contribution is -0.196. The fourth-order valence-corrected chi connectivity index (χ4v) is 3.59. The van der Waals surface area contributed by atoms with Crippen LogP contribution in [0.5, 0.6) is 0 Å². The first-order valence-corrected chi connectivity index (χ1v) is 8.28. The molecular weight excluding hydrogens is 304 g/mol. The second kappa shape index (κ2) is 6.21. The number of hydrogen-bond acceptors (Lipinski definition) is 3. The number of halogens is 2. The van der Waals surface area contributed by atoms with Crippen molar-refractivity contribution in [2.75, 3.05) is 13.1 Å². The number of carbonyl (C=O) groups excluding carboxylic acids is 2. The van der Waals surface area contributed by atoms with Crippen LogP contribution in [-0.4, -0.2) is 41.4 Å². The molecule has 2 bridgehead atoms. The van der Waals surface area contributed by atoms with Crippen LogP contribution in [0.25, 0.3) is 0 Å². The molecular formula is C17H25F2NO3. The summed E-state index contributed by atoms with van der Waals surface area (Å²) in [6, 6.07) is 0. The van der Waals surface area contributed by atoms with Crippen LogP contribution in [0.1, 0.15) is 40.5 Å². The zero-order valence-corrected chi connectivity index (χ0v) is 14.1. The topological polar surface area (TPSA) is 46.6 Å². The van der Waals surface area contributed by atoms with E-state index in [1.54, 1.807) is 33.8 Å². The standard InChI is InChI=1S/C17H25F2NO3/c1-5-20(6-2)15(22)23-16(14(21)9-11(3)4)12-7-8-13(10-12)17(16,18)19/h7-8,11-13H,5-6,9-10H2,1-4H3/t12-,13+,16-/m0/s1. The number of alkyl halides is 2.